The Balaban J connectivity index is 3.06. The summed E-state index contributed by atoms with van der Waals surface area (Å²) in [6.45, 7) is 0. The molecule has 60 valence electrons. The van der Waals surface area contributed by atoms with Crippen molar-refractivity contribution in [3.8, 4) is 0 Å². The highest BCUT2D eigenvalue weighted by atomic mass is 31.1. The third-order valence-corrected chi connectivity index (χ3v) is 1.91. The van der Waals surface area contributed by atoms with Crippen molar-refractivity contribution < 1.29 is 14.5 Å². The molecule has 0 aromatic rings. The molecule has 0 aromatic carbocycles. The van der Waals surface area contributed by atoms with Crippen LogP contribution in [-0.4, -0.2) is 17.2 Å². The van der Waals surface area contributed by atoms with Crippen molar-refractivity contribution in [2.75, 3.05) is 6.16 Å². The Kier molecular flexibility index (Phi) is 5.26. The number of hydrogen-bond donors (Lipinski definition) is 2. The lowest BCUT2D eigenvalue weighted by atomic mass is 10.3. The maximum Gasteiger partial charge on any atom is 0.303 e. The van der Waals surface area contributed by atoms with Gasteiger partial charge >= 0.3 is 5.97 Å². The molecule has 0 radical (unpaired) electrons. The molecule has 0 saturated carbocycles. The fraction of sp³-hybridized carbons (Fsp3) is 0.800. The lowest BCUT2D eigenvalue weighted by Crippen LogP contribution is -1.95. The topological polar surface area (TPSA) is 80.4 Å². The summed E-state index contributed by atoms with van der Waals surface area (Å²) in [5.41, 5.74) is 5.01. The summed E-state index contributed by atoms with van der Waals surface area (Å²) < 4.78 is 10.3. The van der Waals surface area contributed by atoms with E-state index in [1.807, 2.05) is 0 Å². The number of unbranched alkanes of at least 4 members (excludes halogenated alkanes) is 1. The first-order chi connectivity index (χ1) is 4.63. The minimum Gasteiger partial charge on any atom is -0.481 e. The van der Waals surface area contributed by atoms with Gasteiger partial charge in [0.05, 0.1) is 0 Å². The zero-order valence-corrected chi connectivity index (χ0v) is 6.67. The molecule has 0 aliphatic carbocycles. The first-order valence-electron chi connectivity index (χ1n) is 3.13. The summed E-state index contributed by atoms with van der Waals surface area (Å²) in [7, 11) is -1.88. The van der Waals surface area contributed by atoms with E-state index in [0.29, 0.717) is 19.0 Å². The normalized spacial score (nSPS) is 12.9. The highest BCUT2D eigenvalue weighted by Crippen LogP contribution is 2.11. The number of rotatable bonds is 5. The molecule has 0 spiro atoms. The van der Waals surface area contributed by atoms with Gasteiger partial charge in [-0.1, -0.05) is 0 Å². The fourth-order valence-corrected chi connectivity index (χ4v) is 1.17. The van der Waals surface area contributed by atoms with Crippen molar-refractivity contribution in [1.82, 2.24) is 0 Å². The predicted molar refractivity (Wildman–Crippen MR) is 39.5 cm³/mol. The number of carboxylic acid groups (broad SMARTS) is 1. The fourth-order valence-electron chi connectivity index (χ4n) is 0.575. The van der Waals surface area contributed by atoms with Gasteiger partial charge in [0, 0.05) is 12.6 Å². The molecular formula is C5H12NO3P. The SMILES string of the molecule is N[PH](=O)CCCCC(=O)O. The van der Waals surface area contributed by atoms with Gasteiger partial charge in [0.15, 0.2) is 0 Å². The van der Waals surface area contributed by atoms with Crippen molar-refractivity contribution in [1.29, 1.82) is 0 Å². The van der Waals surface area contributed by atoms with Gasteiger partial charge in [-0.2, -0.15) is 0 Å². The number of aliphatic carboxylic acids is 1. The number of carbonyl (C=O) groups is 1. The molecule has 3 N–H and O–H groups in total. The predicted octanol–water partition coefficient (Wildman–Crippen LogP) is 0.675. The van der Waals surface area contributed by atoms with E-state index in [2.05, 4.69) is 0 Å². The van der Waals surface area contributed by atoms with Gasteiger partial charge in [0.1, 0.15) is 7.95 Å². The smallest absolute Gasteiger partial charge is 0.303 e. The van der Waals surface area contributed by atoms with Crippen LogP contribution in [0.5, 0.6) is 0 Å². The van der Waals surface area contributed by atoms with Crippen LogP contribution in [0.4, 0.5) is 0 Å². The Bertz CT molecular complexity index is 121. The van der Waals surface area contributed by atoms with Crippen LogP contribution in [0.3, 0.4) is 0 Å². The van der Waals surface area contributed by atoms with Gasteiger partial charge in [0.2, 0.25) is 0 Å². The summed E-state index contributed by atoms with van der Waals surface area (Å²) >= 11 is 0. The molecule has 0 heterocycles. The van der Waals surface area contributed by atoms with Crippen LogP contribution in [0.2, 0.25) is 0 Å². The van der Waals surface area contributed by atoms with Gasteiger partial charge in [-0.25, -0.2) is 0 Å². The van der Waals surface area contributed by atoms with Crippen LogP contribution in [0.1, 0.15) is 19.3 Å². The van der Waals surface area contributed by atoms with Crippen LogP contribution in [0.25, 0.3) is 0 Å². The quantitative estimate of drug-likeness (QED) is 0.463. The highest BCUT2D eigenvalue weighted by molar-refractivity contribution is 7.41. The van der Waals surface area contributed by atoms with E-state index in [4.69, 9.17) is 10.6 Å². The Morgan fingerprint density at radius 2 is 2.10 bits per heavy atom. The van der Waals surface area contributed by atoms with Crippen LogP contribution < -0.4 is 5.50 Å². The number of nitrogens with two attached hydrogens (primary N) is 1. The maximum atomic E-state index is 10.3. The van der Waals surface area contributed by atoms with E-state index < -0.39 is 13.9 Å². The minimum absolute atomic E-state index is 0.148. The molecule has 1 unspecified atom stereocenters. The van der Waals surface area contributed by atoms with Crippen molar-refractivity contribution in [2.24, 2.45) is 5.50 Å². The van der Waals surface area contributed by atoms with E-state index in [0.717, 1.165) is 0 Å². The average molecular weight is 165 g/mol. The molecule has 10 heavy (non-hydrogen) atoms. The van der Waals surface area contributed by atoms with Crippen molar-refractivity contribution in [3.05, 3.63) is 0 Å². The summed E-state index contributed by atoms with van der Waals surface area (Å²) in [6, 6.07) is 0. The van der Waals surface area contributed by atoms with E-state index in [1.165, 1.54) is 0 Å². The molecule has 1 atom stereocenters. The molecule has 0 amide bonds. The molecule has 0 fully saturated rings. The summed E-state index contributed by atoms with van der Waals surface area (Å²) in [5.74, 6) is -0.809. The summed E-state index contributed by atoms with van der Waals surface area (Å²) in [4.78, 5) is 9.94. The van der Waals surface area contributed by atoms with Crippen LogP contribution in [-0.2, 0) is 9.36 Å². The average Bonchev–Trinajstić information content (AvgIpc) is 1.79. The van der Waals surface area contributed by atoms with Crippen molar-refractivity contribution >= 4 is 13.9 Å². The summed E-state index contributed by atoms with van der Waals surface area (Å²) in [6.07, 6.45) is 1.84. The van der Waals surface area contributed by atoms with Crippen LogP contribution in [0, 0.1) is 0 Å². The first-order valence-corrected chi connectivity index (χ1v) is 4.82. The van der Waals surface area contributed by atoms with E-state index in [9.17, 15) is 9.36 Å². The van der Waals surface area contributed by atoms with Gasteiger partial charge in [-0.05, 0) is 12.8 Å². The Morgan fingerprint density at radius 1 is 1.50 bits per heavy atom. The molecular weight excluding hydrogens is 153 g/mol. The third-order valence-electron chi connectivity index (χ3n) is 1.06. The lowest BCUT2D eigenvalue weighted by Gasteiger charge is -1.93. The Hall–Kier alpha value is -0.340. The minimum atomic E-state index is -1.88. The second-order valence-electron chi connectivity index (χ2n) is 2.07. The van der Waals surface area contributed by atoms with Gasteiger partial charge in [-0.15, -0.1) is 0 Å². The van der Waals surface area contributed by atoms with E-state index in [-0.39, 0.29) is 6.42 Å². The van der Waals surface area contributed by atoms with Crippen molar-refractivity contribution in [2.45, 2.75) is 19.3 Å². The second kappa shape index (κ2) is 5.45. The van der Waals surface area contributed by atoms with Crippen LogP contribution in [0.15, 0.2) is 0 Å². The first kappa shape index (κ1) is 9.66. The number of hydrogen-bond acceptors (Lipinski definition) is 2. The zero-order valence-electron chi connectivity index (χ0n) is 5.67. The maximum absolute atomic E-state index is 10.3. The monoisotopic (exact) mass is 165 g/mol. The highest BCUT2D eigenvalue weighted by Gasteiger charge is 1.96. The molecule has 0 aliphatic rings. The van der Waals surface area contributed by atoms with Gasteiger partial charge < -0.3 is 9.67 Å². The van der Waals surface area contributed by atoms with Gasteiger partial charge in [-0.3, -0.25) is 10.3 Å². The third kappa shape index (κ3) is 7.66. The lowest BCUT2D eigenvalue weighted by molar-refractivity contribution is -0.137. The molecule has 5 heteroatoms. The molecule has 0 saturated heterocycles. The standard InChI is InChI=1S/C5H12NO3P/c6-10(9)4-2-1-3-5(7)8/h10H,1-4H2,(H2,6,9)(H,7,8). The molecule has 0 bridgehead atoms. The zero-order chi connectivity index (χ0) is 7.98. The molecule has 0 aromatic heterocycles. The molecule has 0 aliphatic heterocycles. The second-order valence-corrected chi connectivity index (χ2v) is 3.50. The van der Waals surface area contributed by atoms with E-state index in [1.54, 1.807) is 0 Å². The van der Waals surface area contributed by atoms with Crippen LogP contribution >= 0.6 is 7.95 Å². The summed E-state index contributed by atoms with van der Waals surface area (Å²) in [5, 5.41) is 8.18. The van der Waals surface area contributed by atoms with Gasteiger partial charge in [0.25, 0.3) is 0 Å². The molecule has 4 nitrogen and oxygen atoms in total. The van der Waals surface area contributed by atoms with Crippen molar-refractivity contribution in [3.63, 3.8) is 0 Å². The molecule has 0 rings (SSSR count). The van der Waals surface area contributed by atoms with E-state index >= 15 is 0 Å². The Morgan fingerprint density at radius 3 is 2.50 bits per heavy atom. The Labute approximate surface area is 60.3 Å². The number of carboxylic acids is 1. The largest absolute Gasteiger partial charge is 0.481 e.